The van der Waals surface area contributed by atoms with E-state index >= 15 is 0 Å². The van der Waals surface area contributed by atoms with Crippen LogP contribution in [0.3, 0.4) is 0 Å². The summed E-state index contributed by atoms with van der Waals surface area (Å²) in [7, 11) is 0. The number of nitro groups is 1. The van der Waals surface area contributed by atoms with Crippen LogP contribution in [-0.4, -0.2) is 30.1 Å². The number of amides is 1. The zero-order valence-electron chi connectivity index (χ0n) is 13.6. The highest BCUT2D eigenvalue weighted by molar-refractivity contribution is 6.32. The first-order valence-corrected chi connectivity index (χ1v) is 8.19. The molecule has 26 heavy (non-hydrogen) atoms. The molecule has 0 aromatic heterocycles. The molecule has 1 unspecified atom stereocenters. The molecule has 0 radical (unpaired) electrons. The Balaban J connectivity index is 1.54. The quantitative estimate of drug-likeness (QED) is 0.493. The third kappa shape index (κ3) is 4.31. The van der Waals surface area contributed by atoms with Gasteiger partial charge in [0.2, 0.25) is 5.91 Å². The van der Waals surface area contributed by atoms with Gasteiger partial charge in [0.05, 0.1) is 11.5 Å². The number of halogens is 1. The predicted octanol–water partition coefficient (Wildman–Crippen LogP) is 3.22. The van der Waals surface area contributed by atoms with Crippen molar-refractivity contribution in [2.45, 2.75) is 6.10 Å². The molecular weight excluding hydrogens is 360 g/mol. The number of nitrogens with one attached hydrogen (secondary N) is 1. The largest absolute Gasteiger partial charge is 0.486 e. The molecule has 1 aliphatic rings. The van der Waals surface area contributed by atoms with Gasteiger partial charge in [-0.05, 0) is 29.8 Å². The summed E-state index contributed by atoms with van der Waals surface area (Å²) < 4.78 is 11.3. The third-order valence-electron chi connectivity index (χ3n) is 3.67. The zero-order valence-corrected chi connectivity index (χ0v) is 14.3. The molecule has 0 saturated carbocycles. The van der Waals surface area contributed by atoms with Crippen LogP contribution in [0.25, 0.3) is 6.08 Å². The van der Waals surface area contributed by atoms with Crippen LogP contribution >= 0.6 is 11.6 Å². The summed E-state index contributed by atoms with van der Waals surface area (Å²) in [4.78, 5) is 22.2. The van der Waals surface area contributed by atoms with Crippen molar-refractivity contribution in [2.75, 3.05) is 13.2 Å². The molecule has 1 amide bonds. The molecule has 1 heterocycles. The van der Waals surface area contributed by atoms with E-state index < -0.39 is 4.92 Å². The molecule has 134 valence electrons. The van der Waals surface area contributed by atoms with Crippen molar-refractivity contribution >= 4 is 29.3 Å². The first kappa shape index (κ1) is 17.8. The first-order chi connectivity index (χ1) is 12.5. The molecule has 0 saturated heterocycles. The maximum Gasteiger partial charge on any atom is 0.288 e. The summed E-state index contributed by atoms with van der Waals surface area (Å²) in [6, 6.07) is 11.6. The summed E-state index contributed by atoms with van der Waals surface area (Å²) in [6.45, 7) is 0.614. The van der Waals surface area contributed by atoms with E-state index in [1.807, 2.05) is 18.2 Å². The summed E-state index contributed by atoms with van der Waals surface area (Å²) >= 11 is 5.75. The number of rotatable bonds is 5. The molecule has 2 aromatic carbocycles. The molecule has 1 aliphatic heterocycles. The highest BCUT2D eigenvalue weighted by Gasteiger charge is 2.20. The van der Waals surface area contributed by atoms with E-state index in [4.69, 9.17) is 21.1 Å². The number of para-hydroxylation sites is 2. The average Bonchev–Trinajstić information content (AvgIpc) is 2.65. The molecule has 0 spiro atoms. The van der Waals surface area contributed by atoms with Gasteiger partial charge in [-0.25, -0.2) is 0 Å². The lowest BCUT2D eigenvalue weighted by molar-refractivity contribution is -0.384. The van der Waals surface area contributed by atoms with Crippen molar-refractivity contribution in [1.82, 2.24) is 5.32 Å². The smallest absolute Gasteiger partial charge is 0.288 e. The number of nitro benzene ring substituents is 1. The van der Waals surface area contributed by atoms with E-state index in [0.717, 1.165) is 0 Å². The van der Waals surface area contributed by atoms with Gasteiger partial charge in [-0.1, -0.05) is 29.8 Å². The maximum atomic E-state index is 11.9. The fraction of sp³-hybridized carbons (Fsp3) is 0.167. The van der Waals surface area contributed by atoms with Gasteiger partial charge < -0.3 is 14.8 Å². The number of ether oxygens (including phenoxy) is 2. The highest BCUT2D eigenvalue weighted by atomic mass is 35.5. The Morgan fingerprint density at radius 1 is 1.31 bits per heavy atom. The van der Waals surface area contributed by atoms with E-state index in [2.05, 4.69) is 5.32 Å². The first-order valence-electron chi connectivity index (χ1n) is 7.81. The van der Waals surface area contributed by atoms with Crippen molar-refractivity contribution in [3.63, 3.8) is 0 Å². The van der Waals surface area contributed by atoms with Gasteiger partial charge in [0.25, 0.3) is 5.69 Å². The summed E-state index contributed by atoms with van der Waals surface area (Å²) in [5.74, 6) is 0.978. The number of hydrogen-bond donors (Lipinski definition) is 1. The van der Waals surface area contributed by atoms with Crippen LogP contribution in [0.1, 0.15) is 5.56 Å². The number of carbonyl (C=O) groups is 1. The average molecular weight is 375 g/mol. The lowest BCUT2D eigenvalue weighted by atomic mass is 10.2. The Labute approximate surface area is 154 Å². The van der Waals surface area contributed by atoms with Crippen LogP contribution in [0.15, 0.2) is 48.5 Å². The van der Waals surface area contributed by atoms with Gasteiger partial charge >= 0.3 is 0 Å². The van der Waals surface area contributed by atoms with Gasteiger partial charge in [0.15, 0.2) is 11.5 Å². The third-order valence-corrected chi connectivity index (χ3v) is 3.99. The summed E-state index contributed by atoms with van der Waals surface area (Å²) in [5, 5.41) is 13.6. The van der Waals surface area contributed by atoms with Gasteiger partial charge in [-0.15, -0.1) is 0 Å². The predicted molar refractivity (Wildman–Crippen MR) is 96.5 cm³/mol. The Morgan fingerprint density at radius 3 is 2.85 bits per heavy atom. The SMILES string of the molecule is O=C(/C=C/c1ccc(Cl)c([N+](=O)[O-])c1)NCC1COc2ccccc2O1. The van der Waals surface area contributed by atoms with Crippen molar-refractivity contribution in [1.29, 1.82) is 0 Å². The molecule has 8 heteroatoms. The van der Waals surface area contributed by atoms with Crippen LogP contribution in [0, 0.1) is 10.1 Å². The number of fused-ring (bicyclic) bond motifs is 1. The minimum atomic E-state index is -0.571. The van der Waals surface area contributed by atoms with Crippen molar-refractivity contribution < 1.29 is 19.2 Å². The second-order valence-corrected chi connectivity index (χ2v) is 5.95. The Hall–Kier alpha value is -3.06. The fourth-order valence-electron chi connectivity index (χ4n) is 2.38. The Kier molecular flexibility index (Phi) is 5.38. The Morgan fingerprint density at radius 2 is 2.08 bits per heavy atom. The molecule has 0 bridgehead atoms. The van der Waals surface area contributed by atoms with E-state index in [-0.39, 0.29) is 29.3 Å². The second-order valence-electron chi connectivity index (χ2n) is 5.54. The molecule has 2 aromatic rings. The number of hydrogen-bond acceptors (Lipinski definition) is 5. The van der Waals surface area contributed by atoms with E-state index in [9.17, 15) is 14.9 Å². The Bertz CT molecular complexity index is 868. The van der Waals surface area contributed by atoms with Crippen LogP contribution in [-0.2, 0) is 4.79 Å². The van der Waals surface area contributed by atoms with Crippen molar-refractivity contribution in [3.05, 3.63) is 69.2 Å². The van der Waals surface area contributed by atoms with Gasteiger partial charge in [0, 0.05) is 12.1 Å². The molecular formula is C18H15ClN2O5. The van der Waals surface area contributed by atoms with Crippen LogP contribution in [0.2, 0.25) is 5.02 Å². The van der Waals surface area contributed by atoms with E-state index in [1.54, 1.807) is 12.1 Å². The molecule has 0 fully saturated rings. The fourth-order valence-corrected chi connectivity index (χ4v) is 2.57. The molecule has 1 atom stereocenters. The molecule has 7 nitrogen and oxygen atoms in total. The minimum absolute atomic E-state index is 0.0475. The number of benzene rings is 2. The standard InChI is InChI=1S/C18H15ClN2O5/c19-14-7-5-12(9-15(14)21(23)24)6-8-18(22)20-10-13-11-25-16-3-1-2-4-17(16)26-13/h1-9,13H,10-11H2,(H,20,22)/b8-6+. The van der Waals surface area contributed by atoms with Crippen LogP contribution in [0.5, 0.6) is 11.5 Å². The number of nitrogens with zero attached hydrogens (tertiary/aromatic N) is 1. The topological polar surface area (TPSA) is 90.7 Å². The normalized spacial score (nSPS) is 15.7. The van der Waals surface area contributed by atoms with Gasteiger partial charge in [-0.3, -0.25) is 14.9 Å². The highest BCUT2D eigenvalue weighted by Crippen LogP contribution is 2.30. The summed E-state index contributed by atoms with van der Waals surface area (Å²) in [6.07, 6.45) is 2.48. The zero-order chi connectivity index (χ0) is 18.5. The lowest BCUT2D eigenvalue weighted by Gasteiger charge is -2.26. The van der Waals surface area contributed by atoms with Crippen molar-refractivity contribution in [2.24, 2.45) is 0 Å². The molecule has 1 N–H and O–H groups in total. The number of carbonyl (C=O) groups excluding carboxylic acids is 1. The van der Waals surface area contributed by atoms with E-state index in [1.165, 1.54) is 24.3 Å². The monoisotopic (exact) mass is 374 g/mol. The molecule has 0 aliphatic carbocycles. The molecule has 3 rings (SSSR count). The van der Waals surface area contributed by atoms with Crippen LogP contribution < -0.4 is 14.8 Å². The van der Waals surface area contributed by atoms with Crippen molar-refractivity contribution in [3.8, 4) is 11.5 Å². The van der Waals surface area contributed by atoms with Gasteiger partial charge in [0.1, 0.15) is 17.7 Å². The lowest BCUT2D eigenvalue weighted by Crippen LogP contribution is -2.40. The minimum Gasteiger partial charge on any atom is -0.486 e. The van der Waals surface area contributed by atoms with Crippen LogP contribution in [0.4, 0.5) is 5.69 Å². The van der Waals surface area contributed by atoms with Gasteiger partial charge in [-0.2, -0.15) is 0 Å². The maximum absolute atomic E-state index is 11.9. The summed E-state index contributed by atoms with van der Waals surface area (Å²) in [5.41, 5.74) is 0.295. The second kappa shape index (κ2) is 7.88. The van der Waals surface area contributed by atoms with E-state index in [0.29, 0.717) is 23.7 Å².